The van der Waals surface area contributed by atoms with E-state index in [1.807, 2.05) is 6.07 Å². The standard InChI is InChI=1S/C21H25FN2O2/c22-17-3-1-2-13(7-17)8-18-9-19(26-24-18)20(25)23-21-10-14-4-15(11-21)6-16(5-14)12-21/h1-3,7,14-16,19H,4-6,8-12H2,(H,23,25). The van der Waals surface area contributed by atoms with Crippen molar-refractivity contribution in [2.75, 3.05) is 0 Å². The van der Waals surface area contributed by atoms with E-state index in [1.165, 1.54) is 31.4 Å². The Balaban J connectivity index is 1.20. The molecule has 6 rings (SSSR count). The molecule has 5 aliphatic rings. The van der Waals surface area contributed by atoms with Gasteiger partial charge in [-0.3, -0.25) is 4.79 Å². The Morgan fingerprint density at radius 2 is 1.88 bits per heavy atom. The van der Waals surface area contributed by atoms with Gasteiger partial charge in [-0.25, -0.2) is 4.39 Å². The number of amides is 1. The molecule has 1 aromatic rings. The number of nitrogens with one attached hydrogen (secondary N) is 1. The topological polar surface area (TPSA) is 50.7 Å². The first-order chi connectivity index (χ1) is 12.6. The van der Waals surface area contributed by atoms with Crippen molar-refractivity contribution in [3.63, 3.8) is 0 Å². The molecule has 4 nitrogen and oxygen atoms in total. The highest BCUT2D eigenvalue weighted by atomic mass is 19.1. The summed E-state index contributed by atoms with van der Waals surface area (Å²) in [7, 11) is 0. The van der Waals surface area contributed by atoms with Crippen molar-refractivity contribution < 1.29 is 14.0 Å². The van der Waals surface area contributed by atoms with Crippen LogP contribution >= 0.6 is 0 Å². The van der Waals surface area contributed by atoms with E-state index in [2.05, 4.69) is 10.5 Å². The lowest BCUT2D eigenvalue weighted by atomic mass is 9.53. The maximum absolute atomic E-state index is 13.3. The Kier molecular flexibility index (Phi) is 3.80. The highest BCUT2D eigenvalue weighted by Crippen LogP contribution is 2.55. The minimum atomic E-state index is -0.536. The van der Waals surface area contributed by atoms with E-state index in [9.17, 15) is 9.18 Å². The summed E-state index contributed by atoms with van der Waals surface area (Å²) in [6.07, 6.45) is 7.96. The maximum atomic E-state index is 13.3. The Morgan fingerprint density at radius 3 is 2.54 bits per heavy atom. The molecule has 26 heavy (non-hydrogen) atoms. The van der Waals surface area contributed by atoms with Gasteiger partial charge >= 0.3 is 0 Å². The largest absolute Gasteiger partial charge is 0.382 e. The van der Waals surface area contributed by atoms with E-state index in [-0.39, 0.29) is 17.3 Å². The van der Waals surface area contributed by atoms with Gasteiger partial charge in [0, 0.05) is 18.4 Å². The molecule has 5 heteroatoms. The molecule has 1 atom stereocenters. The van der Waals surface area contributed by atoms with E-state index in [0.29, 0.717) is 12.8 Å². The van der Waals surface area contributed by atoms with Crippen molar-refractivity contribution in [1.82, 2.24) is 5.32 Å². The number of nitrogens with zero attached hydrogens (tertiary/aromatic N) is 1. The summed E-state index contributed by atoms with van der Waals surface area (Å²) < 4.78 is 13.3. The summed E-state index contributed by atoms with van der Waals surface area (Å²) in [6.45, 7) is 0. The van der Waals surface area contributed by atoms with Crippen LogP contribution in [0.15, 0.2) is 29.4 Å². The molecule has 0 aromatic heterocycles. The van der Waals surface area contributed by atoms with E-state index in [4.69, 9.17) is 4.84 Å². The molecule has 4 fully saturated rings. The van der Waals surface area contributed by atoms with Crippen LogP contribution < -0.4 is 5.32 Å². The number of rotatable bonds is 4. The van der Waals surface area contributed by atoms with Crippen LogP contribution in [0.1, 0.15) is 50.5 Å². The SMILES string of the molecule is O=C(NC12CC3CC(CC(C3)C1)C2)C1CC(Cc2cccc(F)c2)=NO1. The smallest absolute Gasteiger partial charge is 0.264 e. The fraction of sp³-hybridized carbons (Fsp3) is 0.619. The third-order valence-corrected chi connectivity index (χ3v) is 6.75. The third-order valence-electron chi connectivity index (χ3n) is 6.75. The van der Waals surface area contributed by atoms with Gasteiger partial charge in [-0.15, -0.1) is 0 Å². The zero-order valence-electron chi connectivity index (χ0n) is 14.9. The fourth-order valence-corrected chi connectivity index (χ4v) is 6.16. The van der Waals surface area contributed by atoms with Crippen LogP contribution in [-0.4, -0.2) is 23.3 Å². The van der Waals surface area contributed by atoms with Crippen molar-refractivity contribution >= 4 is 11.6 Å². The monoisotopic (exact) mass is 356 g/mol. The minimum absolute atomic E-state index is 0.000501. The average molecular weight is 356 g/mol. The lowest BCUT2D eigenvalue weighted by molar-refractivity contribution is -0.137. The van der Waals surface area contributed by atoms with Crippen molar-refractivity contribution in [2.24, 2.45) is 22.9 Å². The van der Waals surface area contributed by atoms with Crippen LogP contribution in [0, 0.1) is 23.6 Å². The molecule has 1 aromatic carbocycles. The Morgan fingerprint density at radius 1 is 1.19 bits per heavy atom. The predicted octanol–water partition coefficient (Wildman–Crippen LogP) is 3.60. The predicted molar refractivity (Wildman–Crippen MR) is 96.1 cm³/mol. The summed E-state index contributed by atoms with van der Waals surface area (Å²) in [5, 5.41) is 7.45. The lowest BCUT2D eigenvalue weighted by Crippen LogP contribution is -2.61. The van der Waals surface area contributed by atoms with Crippen LogP contribution in [0.2, 0.25) is 0 Å². The van der Waals surface area contributed by atoms with Gasteiger partial charge in [0.2, 0.25) is 6.10 Å². The van der Waals surface area contributed by atoms with Gasteiger partial charge in [0.1, 0.15) is 5.82 Å². The zero-order chi connectivity index (χ0) is 17.7. The molecular weight excluding hydrogens is 331 g/mol. The van der Waals surface area contributed by atoms with Crippen LogP contribution in [0.25, 0.3) is 0 Å². The second kappa shape index (κ2) is 6.07. The minimum Gasteiger partial charge on any atom is -0.382 e. The average Bonchev–Trinajstić information content (AvgIpc) is 3.02. The molecule has 0 saturated heterocycles. The number of hydrogen-bond donors (Lipinski definition) is 1. The molecule has 1 aliphatic heterocycles. The number of benzene rings is 1. The third kappa shape index (κ3) is 3.01. The quantitative estimate of drug-likeness (QED) is 0.896. The number of hydrogen-bond acceptors (Lipinski definition) is 3. The Hall–Kier alpha value is -1.91. The molecule has 0 radical (unpaired) electrons. The molecule has 4 saturated carbocycles. The van der Waals surface area contributed by atoms with Gasteiger partial charge in [-0.2, -0.15) is 0 Å². The highest BCUT2D eigenvalue weighted by Gasteiger charge is 2.52. The van der Waals surface area contributed by atoms with Crippen molar-refractivity contribution in [1.29, 1.82) is 0 Å². The molecule has 1 amide bonds. The molecule has 138 valence electrons. The summed E-state index contributed by atoms with van der Waals surface area (Å²) in [4.78, 5) is 18.2. The van der Waals surface area contributed by atoms with E-state index in [1.54, 1.807) is 6.07 Å². The van der Waals surface area contributed by atoms with Gasteiger partial charge in [-0.1, -0.05) is 17.3 Å². The molecular formula is C21H25FN2O2. The Labute approximate surface area is 153 Å². The first-order valence-corrected chi connectivity index (χ1v) is 9.85. The lowest BCUT2D eigenvalue weighted by Gasteiger charge is -2.57. The molecule has 1 heterocycles. The summed E-state index contributed by atoms with van der Waals surface area (Å²) in [5.74, 6) is 2.12. The van der Waals surface area contributed by atoms with Crippen LogP contribution in [0.4, 0.5) is 4.39 Å². The maximum Gasteiger partial charge on any atom is 0.264 e. The number of carbonyl (C=O) groups excluding carboxylic acids is 1. The molecule has 4 aliphatic carbocycles. The van der Waals surface area contributed by atoms with Crippen molar-refractivity contribution in [3.05, 3.63) is 35.6 Å². The van der Waals surface area contributed by atoms with Crippen LogP contribution in [-0.2, 0) is 16.1 Å². The first-order valence-electron chi connectivity index (χ1n) is 9.85. The van der Waals surface area contributed by atoms with E-state index >= 15 is 0 Å². The molecule has 4 bridgehead atoms. The first kappa shape index (κ1) is 16.3. The summed E-state index contributed by atoms with van der Waals surface area (Å²) >= 11 is 0. The van der Waals surface area contributed by atoms with Crippen molar-refractivity contribution in [2.45, 2.75) is 63.0 Å². The molecule has 0 spiro atoms. The highest BCUT2D eigenvalue weighted by molar-refractivity contribution is 5.94. The summed E-state index contributed by atoms with van der Waals surface area (Å²) in [6, 6.07) is 6.50. The zero-order valence-corrected chi connectivity index (χ0v) is 14.9. The number of carbonyl (C=O) groups is 1. The van der Waals surface area contributed by atoms with Crippen LogP contribution in [0.5, 0.6) is 0 Å². The number of halogens is 1. The van der Waals surface area contributed by atoms with Gasteiger partial charge < -0.3 is 10.2 Å². The van der Waals surface area contributed by atoms with E-state index in [0.717, 1.165) is 48.3 Å². The van der Waals surface area contributed by atoms with E-state index < -0.39 is 6.10 Å². The van der Waals surface area contributed by atoms with Crippen molar-refractivity contribution in [3.8, 4) is 0 Å². The summed E-state index contributed by atoms with van der Waals surface area (Å²) in [5.41, 5.74) is 1.66. The second-order valence-electron chi connectivity index (χ2n) is 8.95. The van der Waals surface area contributed by atoms with Gasteiger partial charge in [0.05, 0.1) is 5.71 Å². The number of oxime groups is 1. The Bertz CT molecular complexity index is 725. The molecule has 1 N–H and O–H groups in total. The van der Waals surface area contributed by atoms with Gasteiger partial charge in [-0.05, 0) is 74.0 Å². The van der Waals surface area contributed by atoms with Gasteiger partial charge in [0.25, 0.3) is 5.91 Å². The van der Waals surface area contributed by atoms with Crippen LogP contribution in [0.3, 0.4) is 0 Å². The molecule has 1 unspecified atom stereocenters. The van der Waals surface area contributed by atoms with Gasteiger partial charge in [0.15, 0.2) is 0 Å². The fourth-order valence-electron chi connectivity index (χ4n) is 6.16. The normalized spacial score (nSPS) is 37.3. The second-order valence-corrected chi connectivity index (χ2v) is 8.95.